The van der Waals surface area contributed by atoms with Gasteiger partial charge in [-0.25, -0.2) is 4.79 Å². The van der Waals surface area contributed by atoms with Gasteiger partial charge in [-0.15, -0.1) is 0 Å². The number of piperidine rings is 1. The van der Waals surface area contributed by atoms with Crippen molar-refractivity contribution in [3.63, 3.8) is 0 Å². The number of hydrogen-bond donors (Lipinski definition) is 1. The Hall–Kier alpha value is -3.15. The van der Waals surface area contributed by atoms with Crippen molar-refractivity contribution in [1.29, 1.82) is 0 Å². The van der Waals surface area contributed by atoms with Crippen LogP contribution < -0.4 is 0 Å². The number of fused-ring (bicyclic) bond motifs is 5. The molecule has 1 N–H and O–H groups in total. The topological polar surface area (TPSA) is 59.0 Å². The van der Waals surface area contributed by atoms with Gasteiger partial charge in [0.25, 0.3) is 0 Å². The molecule has 0 aromatic heterocycles. The Morgan fingerprint density at radius 3 is 2.19 bits per heavy atom. The maximum atomic E-state index is 13.4. The van der Waals surface area contributed by atoms with Crippen molar-refractivity contribution in [2.75, 3.05) is 19.8 Å². The number of benzene rings is 3. The van der Waals surface area contributed by atoms with Crippen LogP contribution >= 0.6 is 0 Å². The maximum absolute atomic E-state index is 13.4. The molecule has 2 atom stereocenters. The Labute approximate surface area is 212 Å². The van der Waals surface area contributed by atoms with E-state index in [1.165, 1.54) is 38.9 Å². The number of carbonyl (C=O) groups excluding carboxylic acids is 1. The number of hydrogen-bond acceptors (Lipinski definition) is 4. The highest BCUT2D eigenvalue weighted by molar-refractivity contribution is 5.79. The highest BCUT2D eigenvalue weighted by Gasteiger charge is 2.49. The first-order valence-corrected chi connectivity index (χ1v) is 12.9. The second kappa shape index (κ2) is 9.06. The van der Waals surface area contributed by atoms with E-state index in [1.54, 1.807) is 0 Å². The summed E-state index contributed by atoms with van der Waals surface area (Å²) in [5.41, 5.74) is 7.61. The van der Waals surface area contributed by atoms with Gasteiger partial charge < -0.3 is 14.6 Å². The number of ether oxygens (including phenoxy) is 2. The van der Waals surface area contributed by atoms with Gasteiger partial charge in [-0.2, -0.15) is 0 Å². The maximum Gasteiger partial charge on any atom is 0.410 e. The van der Waals surface area contributed by atoms with E-state index < -0.39 is 5.60 Å². The lowest BCUT2D eigenvalue weighted by Crippen LogP contribution is -2.64. The Bertz CT molecular complexity index is 1240. The Morgan fingerprint density at radius 1 is 0.944 bits per heavy atom. The van der Waals surface area contributed by atoms with Gasteiger partial charge >= 0.3 is 6.09 Å². The molecule has 5 heteroatoms. The third-order valence-electron chi connectivity index (χ3n) is 8.42. The summed E-state index contributed by atoms with van der Waals surface area (Å²) in [6.45, 7) is 5.37. The molecule has 3 aliphatic rings. The molecule has 2 heterocycles. The van der Waals surface area contributed by atoms with E-state index in [9.17, 15) is 9.90 Å². The van der Waals surface area contributed by atoms with Crippen molar-refractivity contribution >= 4 is 6.09 Å². The van der Waals surface area contributed by atoms with E-state index in [0.717, 1.165) is 0 Å². The minimum absolute atomic E-state index is 0.0310. The largest absolute Gasteiger partial charge is 0.448 e. The van der Waals surface area contributed by atoms with Gasteiger partial charge in [0.1, 0.15) is 6.61 Å². The van der Waals surface area contributed by atoms with Crippen LogP contribution in [0.25, 0.3) is 11.1 Å². The molecule has 36 heavy (non-hydrogen) atoms. The monoisotopic (exact) mass is 483 g/mol. The van der Waals surface area contributed by atoms with Crippen LogP contribution in [0.15, 0.2) is 66.7 Å². The molecule has 3 aromatic rings. The van der Waals surface area contributed by atoms with E-state index in [4.69, 9.17) is 9.47 Å². The first-order valence-electron chi connectivity index (χ1n) is 12.9. The average Bonchev–Trinajstić information content (AvgIpc) is 3.18. The molecule has 0 radical (unpaired) electrons. The predicted octanol–water partition coefficient (Wildman–Crippen LogP) is 5.39. The summed E-state index contributed by atoms with van der Waals surface area (Å²) in [4.78, 5) is 15.3. The molecule has 2 saturated heterocycles. The fraction of sp³-hybridized carbons (Fsp3) is 0.387. The van der Waals surface area contributed by atoms with Gasteiger partial charge in [-0.3, -0.25) is 4.90 Å². The SMILES string of the molecule is Cc1cccc(CC2(O)CC3COCC(C2)N3C(=O)OCC2c3ccccc3-c3ccccc32)c1C. The van der Waals surface area contributed by atoms with E-state index in [0.29, 0.717) is 39.1 Å². The van der Waals surface area contributed by atoms with Crippen molar-refractivity contribution in [1.82, 2.24) is 4.90 Å². The highest BCUT2D eigenvalue weighted by atomic mass is 16.6. The molecule has 1 aliphatic carbocycles. The second-order valence-electron chi connectivity index (χ2n) is 10.7. The lowest BCUT2D eigenvalue weighted by molar-refractivity contribution is -0.132. The first kappa shape index (κ1) is 23.3. The fourth-order valence-corrected chi connectivity index (χ4v) is 6.54. The summed E-state index contributed by atoms with van der Waals surface area (Å²) >= 11 is 0. The van der Waals surface area contributed by atoms with E-state index >= 15 is 0 Å². The normalized spacial score (nSPS) is 24.8. The molecular weight excluding hydrogens is 450 g/mol. The molecule has 1 amide bonds. The number of carbonyl (C=O) groups is 1. The van der Waals surface area contributed by atoms with Crippen LogP contribution in [0, 0.1) is 13.8 Å². The summed E-state index contributed by atoms with van der Waals surface area (Å²) in [5.74, 6) is 0.0310. The van der Waals surface area contributed by atoms with Crippen molar-refractivity contribution in [2.45, 2.75) is 56.7 Å². The molecule has 0 spiro atoms. The fourth-order valence-electron chi connectivity index (χ4n) is 6.54. The van der Waals surface area contributed by atoms with Crippen molar-refractivity contribution in [3.05, 3.63) is 94.5 Å². The minimum Gasteiger partial charge on any atom is -0.448 e. The van der Waals surface area contributed by atoms with E-state index in [1.807, 2.05) is 17.0 Å². The smallest absolute Gasteiger partial charge is 0.410 e. The molecule has 0 saturated carbocycles. The highest BCUT2D eigenvalue weighted by Crippen LogP contribution is 2.45. The lowest BCUT2D eigenvalue weighted by atomic mass is 9.77. The number of aliphatic hydroxyl groups is 1. The number of morpholine rings is 1. The van der Waals surface area contributed by atoms with Gasteiger partial charge in [0.2, 0.25) is 0 Å². The molecule has 186 valence electrons. The zero-order valence-electron chi connectivity index (χ0n) is 20.9. The quantitative estimate of drug-likeness (QED) is 0.541. The summed E-state index contributed by atoms with van der Waals surface area (Å²) in [6, 6.07) is 22.6. The van der Waals surface area contributed by atoms with Crippen LogP contribution in [-0.2, 0) is 15.9 Å². The zero-order valence-corrected chi connectivity index (χ0v) is 20.9. The number of nitrogens with zero attached hydrogens (tertiary/aromatic N) is 1. The minimum atomic E-state index is -0.863. The van der Waals surface area contributed by atoms with Crippen molar-refractivity contribution in [2.24, 2.45) is 0 Å². The van der Waals surface area contributed by atoms with Crippen molar-refractivity contribution < 1.29 is 19.4 Å². The number of amides is 1. The Morgan fingerprint density at radius 2 is 1.56 bits per heavy atom. The third-order valence-corrected chi connectivity index (χ3v) is 8.42. The van der Waals surface area contributed by atoms with Gasteiger partial charge in [0.15, 0.2) is 0 Å². The van der Waals surface area contributed by atoms with Crippen LogP contribution in [0.1, 0.15) is 46.6 Å². The van der Waals surface area contributed by atoms with Crippen LogP contribution in [0.2, 0.25) is 0 Å². The standard InChI is InChI=1S/C31H33NO4/c1-20-8-7-9-22(21(20)2)14-31(34)15-23-17-35-18-24(16-31)32(23)30(33)36-19-29-27-12-5-3-10-25(27)26-11-4-6-13-28(26)29/h3-13,23-24,29,34H,14-19H2,1-2H3. The van der Waals surface area contributed by atoms with Gasteiger partial charge in [-0.05, 0) is 65.6 Å². The molecule has 2 bridgehead atoms. The van der Waals surface area contributed by atoms with Crippen LogP contribution in [0.4, 0.5) is 4.79 Å². The average molecular weight is 484 g/mol. The third kappa shape index (κ3) is 4.00. The first-order chi connectivity index (χ1) is 17.4. The van der Waals surface area contributed by atoms with Gasteiger partial charge in [-0.1, -0.05) is 66.7 Å². The molecule has 2 fully saturated rings. The Balaban J connectivity index is 1.18. The molecule has 2 unspecified atom stereocenters. The predicted molar refractivity (Wildman–Crippen MR) is 139 cm³/mol. The van der Waals surface area contributed by atoms with E-state index in [2.05, 4.69) is 68.4 Å². The summed E-state index contributed by atoms with van der Waals surface area (Å²) in [5, 5.41) is 11.6. The zero-order chi connectivity index (χ0) is 24.9. The summed E-state index contributed by atoms with van der Waals surface area (Å²) < 4.78 is 11.8. The second-order valence-corrected chi connectivity index (χ2v) is 10.7. The van der Waals surface area contributed by atoms with Gasteiger partial charge in [0.05, 0.1) is 30.9 Å². The van der Waals surface area contributed by atoms with Gasteiger partial charge in [0, 0.05) is 12.3 Å². The summed E-state index contributed by atoms with van der Waals surface area (Å²) in [7, 11) is 0. The summed E-state index contributed by atoms with van der Waals surface area (Å²) in [6.07, 6.45) is 1.26. The van der Waals surface area contributed by atoms with Crippen LogP contribution in [0.5, 0.6) is 0 Å². The number of aryl methyl sites for hydroxylation is 1. The molecule has 6 rings (SSSR count). The van der Waals surface area contributed by atoms with Crippen molar-refractivity contribution in [3.8, 4) is 11.1 Å². The van der Waals surface area contributed by atoms with E-state index in [-0.39, 0.29) is 24.1 Å². The van der Waals surface area contributed by atoms with Crippen LogP contribution in [-0.4, -0.2) is 53.6 Å². The molecule has 3 aromatic carbocycles. The molecule has 2 aliphatic heterocycles. The number of rotatable bonds is 4. The molecular formula is C31H33NO4. The molecule has 5 nitrogen and oxygen atoms in total. The Kier molecular flexibility index (Phi) is 5.85. The van der Waals surface area contributed by atoms with Crippen LogP contribution in [0.3, 0.4) is 0 Å². The lowest BCUT2D eigenvalue weighted by Gasteiger charge is -2.51.